The van der Waals surface area contributed by atoms with Gasteiger partial charge in [-0.3, -0.25) is 0 Å². The molecule has 0 atom stereocenters. The molecular weight excluding hydrogens is 336 g/mol. The van der Waals surface area contributed by atoms with Crippen molar-refractivity contribution in [1.82, 2.24) is 4.90 Å². The molecule has 4 nitrogen and oxygen atoms in total. The topological polar surface area (TPSA) is 32.8 Å². The van der Waals surface area contributed by atoms with Crippen molar-refractivity contribution in [3.8, 4) is 0 Å². The lowest BCUT2D eigenvalue weighted by Crippen LogP contribution is -2.37. The van der Waals surface area contributed by atoms with Gasteiger partial charge in [0, 0.05) is 12.0 Å². The van der Waals surface area contributed by atoms with Crippen molar-refractivity contribution in [2.75, 3.05) is 32.1 Å². The number of rotatable bonds is 3. The van der Waals surface area contributed by atoms with Crippen LogP contribution < -0.4 is 4.90 Å². The number of carbonyl (C=O) groups is 1. The van der Waals surface area contributed by atoms with Crippen LogP contribution in [0.2, 0.25) is 0 Å². The molecule has 0 N–H and O–H groups in total. The first-order chi connectivity index (χ1) is 11.4. The summed E-state index contributed by atoms with van der Waals surface area (Å²) in [6.45, 7) is 5.46. The summed E-state index contributed by atoms with van der Waals surface area (Å²) in [7, 11) is 3.92. The molecule has 0 aromatic heterocycles. The first-order valence-corrected chi connectivity index (χ1v) is 8.23. The van der Waals surface area contributed by atoms with E-state index in [0.717, 1.165) is 22.5 Å². The summed E-state index contributed by atoms with van der Waals surface area (Å²) in [6.07, 6.45) is -0.327. The number of ether oxygens (including phenoxy) is 1. The molecule has 1 heterocycles. The van der Waals surface area contributed by atoms with Gasteiger partial charge in [-0.1, -0.05) is 50.2 Å². The summed E-state index contributed by atoms with van der Waals surface area (Å²) in [5.74, 6) is 0. The zero-order chi connectivity index (χ0) is 17.3. The van der Waals surface area contributed by atoms with Crippen LogP contribution in [0.3, 0.4) is 0 Å². The fourth-order valence-electron chi connectivity index (χ4n) is 3.25. The van der Waals surface area contributed by atoms with Crippen LogP contribution >= 0.6 is 12.4 Å². The molecule has 25 heavy (non-hydrogen) atoms. The van der Waals surface area contributed by atoms with Crippen molar-refractivity contribution in [3.05, 3.63) is 59.7 Å². The van der Waals surface area contributed by atoms with Crippen LogP contribution in [0.5, 0.6) is 0 Å². The predicted molar refractivity (Wildman–Crippen MR) is 104 cm³/mol. The molecule has 0 spiro atoms. The number of hydrogen-bond donors (Lipinski definition) is 0. The van der Waals surface area contributed by atoms with Crippen molar-refractivity contribution in [2.24, 2.45) is 0 Å². The van der Waals surface area contributed by atoms with Crippen molar-refractivity contribution in [1.29, 1.82) is 0 Å². The van der Waals surface area contributed by atoms with Gasteiger partial charge < -0.3 is 9.64 Å². The molecule has 0 saturated heterocycles. The number of amides is 1. The number of nitrogens with zero attached hydrogens (tertiary/aromatic N) is 2. The Morgan fingerprint density at radius 3 is 1.96 bits per heavy atom. The van der Waals surface area contributed by atoms with Crippen LogP contribution in [0.25, 0.3) is 0 Å². The molecule has 1 amide bonds. The van der Waals surface area contributed by atoms with Crippen LogP contribution in [0.4, 0.5) is 16.2 Å². The fraction of sp³-hybridized carbons (Fsp3) is 0.350. The van der Waals surface area contributed by atoms with Gasteiger partial charge in [0.15, 0.2) is 0 Å². The van der Waals surface area contributed by atoms with Gasteiger partial charge in [0.1, 0.15) is 6.61 Å². The van der Waals surface area contributed by atoms with E-state index in [1.54, 1.807) is 4.90 Å². The lowest BCUT2D eigenvalue weighted by molar-refractivity contribution is 0.146. The average Bonchev–Trinajstić information content (AvgIpc) is 2.55. The highest BCUT2D eigenvalue weighted by atomic mass is 35.5. The molecule has 2 aromatic carbocycles. The first kappa shape index (κ1) is 19.3. The molecular formula is C20H25ClN2O2. The number of carbonyl (C=O) groups excluding carboxylic acids is 1. The number of halogens is 1. The fourth-order valence-corrected chi connectivity index (χ4v) is 3.25. The maximum absolute atomic E-state index is 12.8. The lowest BCUT2D eigenvalue weighted by Gasteiger charge is -2.40. The molecule has 0 aliphatic carbocycles. The minimum atomic E-state index is -0.327. The smallest absolute Gasteiger partial charge is 0.419 e. The molecule has 5 heteroatoms. The van der Waals surface area contributed by atoms with Gasteiger partial charge >= 0.3 is 6.09 Å². The van der Waals surface area contributed by atoms with Crippen LogP contribution in [-0.4, -0.2) is 38.2 Å². The summed E-state index contributed by atoms with van der Waals surface area (Å²) in [5, 5.41) is 0. The van der Waals surface area contributed by atoms with Crippen LogP contribution in [0, 0.1) is 0 Å². The molecule has 0 unspecified atom stereocenters. The highest BCUT2D eigenvalue weighted by molar-refractivity contribution is 6.00. The summed E-state index contributed by atoms with van der Waals surface area (Å²) in [4.78, 5) is 16.5. The highest BCUT2D eigenvalue weighted by Gasteiger charge is 2.38. The van der Waals surface area contributed by atoms with Crippen LogP contribution in [-0.2, 0) is 10.2 Å². The van der Waals surface area contributed by atoms with E-state index in [2.05, 4.69) is 26.0 Å². The third-order valence-electron chi connectivity index (χ3n) is 4.58. The van der Waals surface area contributed by atoms with Gasteiger partial charge in [0.2, 0.25) is 0 Å². The van der Waals surface area contributed by atoms with Gasteiger partial charge in [-0.15, -0.1) is 12.4 Å². The average molecular weight is 361 g/mol. The van der Waals surface area contributed by atoms with Gasteiger partial charge in [-0.05, 0) is 37.4 Å². The zero-order valence-corrected chi connectivity index (χ0v) is 16.0. The molecule has 3 rings (SSSR count). The molecule has 0 bridgehead atoms. The summed E-state index contributed by atoms with van der Waals surface area (Å²) in [5.41, 5.74) is 3.90. The molecule has 1 aliphatic heterocycles. The van der Waals surface area contributed by atoms with E-state index in [-0.39, 0.29) is 23.9 Å². The molecule has 134 valence electrons. The first-order valence-electron chi connectivity index (χ1n) is 8.23. The number of anilines is 2. The number of benzene rings is 2. The van der Waals surface area contributed by atoms with Crippen molar-refractivity contribution in [2.45, 2.75) is 19.3 Å². The second-order valence-electron chi connectivity index (χ2n) is 6.91. The Balaban J connectivity index is 0.00000225. The van der Waals surface area contributed by atoms with E-state index in [0.29, 0.717) is 13.2 Å². The van der Waals surface area contributed by atoms with E-state index in [4.69, 9.17) is 4.74 Å². The predicted octanol–water partition coefficient (Wildman–Crippen LogP) is 4.58. The zero-order valence-electron chi connectivity index (χ0n) is 15.2. The van der Waals surface area contributed by atoms with Crippen LogP contribution in [0.1, 0.15) is 25.0 Å². The van der Waals surface area contributed by atoms with E-state index in [9.17, 15) is 4.79 Å². The monoisotopic (exact) mass is 360 g/mol. The maximum Gasteiger partial charge on any atom is 0.419 e. The van der Waals surface area contributed by atoms with Gasteiger partial charge in [-0.2, -0.15) is 0 Å². The second kappa shape index (κ2) is 7.46. The van der Waals surface area contributed by atoms with Crippen LogP contribution in [0.15, 0.2) is 48.5 Å². The molecule has 1 aliphatic rings. The Kier molecular flexibility index (Phi) is 5.76. The van der Waals surface area contributed by atoms with E-state index >= 15 is 0 Å². The second-order valence-corrected chi connectivity index (χ2v) is 6.91. The van der Waals surface area contributed by atoms with Gasteiger partial charge in [0.25, 0.3) is 0 Å². The minimum absolute atomic E-state index is 0. The number of para-hydroxylation sites is 2. The number of likely N-dealkylation sites (N-methyl/N-ethyl adjacent to an activating group) is 1. The third-order valence-corrected chi connectivity index (χ3v) is 4.58. The molecule has 0 radical (unpaired) electrons. The lowest BCUT2D eigenvalue weighted by atomic mass is 9.74. The largest absolute Gasteiger partial charge is 0.448 e. The molecule has 0 saturated carbocycles. The van der Waals surface area contributed by atoms with E-state index < -0.39 is 0 Å². The Labute approximate surface area is 155 Å². The standard InChI is InChI=1S/C20H24N2O2.ClH/c1-20(2)15-9-5-7-11-17(15)22(18-12-8-6-10-16(18)20)19(23)24-14-13-21(3)4;/h5-12H,13-14H2,1-4H3;1H. The third kappa shape index (κ3) is 3.51. The number of fused-ring (bicyclic) bond motifs is 2. The van der Waals surface area contributed by atoms with E-state index in [1.165, 1.54) is 0 Å². The van der Waals surface area contributed by atoms with Crippen molar-refractivity contribution < 1.29 is 9.53 Å². The summed E-state index contributed by atoms with van der Waals surface area (Å²) < 4.78 is 5.52. The molecule has 0 fully saturated rings. The normalized spacial score (nSPS) is 14.4. The Bertz CT molecular complexity index is 709. The minimum Gasteiger partial charge on any atom is -0.448 e. The van der Waals surface area contributed by atoms with Crippen molar-refractivity contribution in [3.63, 3.8) is 0 Å². The maximum atomic E-state index is 12.8. The quantitative estimate of drug-likeness (QED) is 0.802. The summed E-state index contributed by atoms with van der Waals surface area (Å²) >= 11 is 0. The number of hydrogen-bond acceptors (Lipinski definition) is 3. The Hall–Kier alpha value is -2.04. The molecule has 2 aromatic rings. The highest BCUT2D eigenvalue weighted by Crippen LogP contribution is 2.48. The van der Waals surface area contributed by atoms with Gasteiger partial charge in [0.05, 0.1) is 11.4 Å². The van der Waals surface area contributed by atoms with Crippen molar-refractivity contribution >= 4 is 29.9 Å². The SMILES string of the molecule is CN(C)CCOC(=O)N1c2ccccc2C(C)(C)c2ccccc21.Cl. The Morgan fingerprint density at radius 2 is 1.48 bits per heavy atom. The summed E-state index contributed by atoms with van der Waals surface area (Å²) in [6, 6.07) is 16.1. The Morgan fingerprint density at radius 1 is 1.00 bits per heavy atom. The van der Waals surface area contributed by atoms with Gasteiger partial charge in [-0.25, -0.2) is 9.69 Å². The van der Waals surface area contributed by atoms with E-state index in [1.807, 2.05) is 55.4 Å².